The predicted octanol–water partition coefficient (Wildman–Crippen LogP) is 1.16. The summed E-state index contributed by atoms with van der Waals surface area (Å²) < 4.78 is 15.7. The normalized spacial score (nSPS) is 13.0. The van der Waals surface area contributed by atoms with Crippen molar-refractivity contribution in [2.24, 2.45) is 0 Å². The zero-order chi connectivity index (χ0) is 8.39. The Hall–Kier alpha value is -0.660. The molecule has 62 valence electrons. The van der Waals surface area contributed by atoms with Gasteiger partial charge < -0.3 is 0 Å². The molecule has 0 N–H and O–H groups in total. The SMILES string of the molecule is O=S(c1csnn1)c1nccs1. The van der Waals surface area contributed by atoms with E-state index in [4.69, 9.17) is 0 Å². The zero-order valence-corrected chi connectivity index (χ0v) is 8.16. The van der Waals surface area contributed by atoms with Crippen LogP contribution in [0.25, 0.3) is 0 Å². The molecular formula is C5H3N3OS3. The Labute approximate surface area is 78.9 Å². The van der Waals surface area contributed by atoms with Gasteiger partial charge in [0.1, 0.15) is 10.8 Å². The van der Waals surface area contributed by atoms with Gasteiger partial charge in [-0.05, 0) is 11.5 Å². The molecule has 0 aliphatic rings. The van der Waals surface area contributed by atoms with Gasteiger partial charge in [-0.2, -0.15) is 0 Å². The third-order valence-electron chi connectivity index (χ3n) is 1.10. The minimum Gasteiger partial charge on any atom is -0.245 e. The van der Waals surface area contributed by atoms with Crippen molar-refractivity contribution in [3.05, 3.63) is 17.0 Å². The molecule has 0 aliphatic heterocycles. The van der Waals surface area contributed by atoms with E-state index in [-0.39, 0.29) is 0 Å². The van der Waals surface area contributed by atoms with Gasteiger partial charge in [0, 0.05) is 17.0 Å². The monoisotopic (exact) mass is 217 g/mol. The smallest absolute Gasteiger partial charge is 0.187 e. The van der Waals surface area contributed by atoms with E-state index in [1.54, 1.807) is 17.0 Å². The highest BCUT2D eigenvalue weighted by atomic mass is 32.2. The second-order valence-electron chi connectivity index (χ2n) is 1.81. The van der Waals surface area contributed by atoms with Crippen LogP contribution in [0.3, 0.4) is 0 Å². The van der Waals surface area contributed by atoms with Crippen molar-refractivity contribution in [3.63, 3.8) is 0 Å². The number of aromatic nitrogens is 3. The molecule has 0 spiro atoms. The van der Waals surface area contributed by atoms with E-state index in [9.17, 15) is 4.21 Å². The molecular weight excluding hydrogens is 214 g/mol. The first-order chi connectivity index (χ1) is 5.88. The standard InChI is InChI=1S/C5H3N3OS3/c9-12(4-3-11-8-7-4)5-6-1-2-10-5/h1-3H. The van der Waals surface area contributed by atoms with Gasteiger partial charge in [-0.15, -0.1) is 16.4 Å². The maximum absolute atomic E-state index is 11.5. The highest BCUT2D eigenvalue weighted by molar-refractivity contribution is 7.87. The maximum atomic E-state index is 11.5. The van der Waals surface area contributed by atoms with Crippen LogP contribution in [0.15, 0.2) is 26.3 Å². The first kappa shape index (κ1) is 7.96. The highest BCUT2D eigenvalue weighted by Crippen LogP contribution is 2.16. The lowest BCUT2D eigenvalue weighted by molar-refractivity contribution is 0.679. The van der Waals surface area contributed by atoms with Crippen molar-refractivity contribution >= 4 is 33.7 Å². The van der Waals surface area contributed by atoms with Crippen LogP contribution in [0.1, 0.15) is 0 Å². The van der Waals surface area contributed by atoms with Crippen LogP contribution in [-0.2, 0) is 10.8 Å². The van der Waals surface area contributed by atoms with E-state index < -0.39 is 10.8 Å². The van der Waals surface area contributed by atoms with Crippen LogP contribution in [0.4, 0.5) is 0 Å². The summed E-state index contributed by atoms with van der Waals surface area (Å²) in [5, 5.41) is 7.64. The highest BCUT2D eigenvalue weighted by Gasteiger charge is 2.11. The third-order valence-corrected chi connectivity index (χ3v) is 4.06. The summed E-state index contributed by atoms with van der Waals surface area (Å²) in [4.78, 5) is 3.93. The zero-order valence-electron chi connectivity index (χ0n) is 5.71. The summed E-state index contributed by atoms with van der Waals surface area (Å²) in [5.74, 6) is 0. The minimum absolute atomic E-state index is 0.481. The van der Waals surface area contributed by atoms with Crippen molar-refractivity contribution < 1.29 is 4.21 Å². The minimum atomic E-state index is -1.24. The molecule has 2 aromatic heterocycles. The van der Waals surface area contributed by atoms with E-state index >= 15 is 0 Å². The molecule has 2 aromatic rings. The van der Waals surface area contributed by atoms with Crippen molar-refractivity contribution in [2.45, 2.75) is 9.37 Å². The average molecular weight is 217 g/mol. The lowest BCUT2D eigenvalue weighted by Crippen LogP contribution is -1.91. The lowest BCUT2D eigenvalue weighted by atomic mass is 11.0. The van der Waals surface area contributed by atoms with Crippen molar-refractivity contribution in [3.8, 4) is 0 Å². The van der Waals surface area contributed by atoms with Crippen LogP contribution >= 0.6 is 22.9 Å². The van der Waals surface area contributed by atoms with Gasteiger partial charge in [0.25, 0.3) is 0 Å². The van der Waals surface area contributed by atoms with Crippen LogP contribution in [0.2, 0.25) is 0 Å². The molecule has 2 heterocycles. The second kappa shape index (κ2) is 3.38. The van der Waals surface area contributed by atoms with Crippen molar-refractivity contribution in [1.29, 1.82) is 0 Å². The maximum Gasteiger partial charge on any atom is 0.187 e. The van der Waals surface area contributed by atoms with Gasteiger partial charge in [-0.3, -0.25) is 0 Å². The number of rotatable bonds is 2. The number of hydrogen-bond donors (Lipinski definition) is 0. The third kappa shape index (κ3) is 1.43. The van der Waals surface area contributed by atoms with E-state index in [1.165, 1.54) is 22.9 Å². The van der Waals surface area contributed by atoms with Gasteiger partial charge in [0.2, 0.25) is 0 Å². The van der Waals surface area contributed by atoms with Crippen molar-refractivity contribution in [2.75, 3.05) is 0 Å². The largest absolute Gasteiger partial charge is 0.245 e. The van der Waals surface area contributed by atoms with E-state index in [0.717, 1.165) is 0 Å². The van der Waals surface area contributed by atoms with E-state index in [1.807, 2.05) is 0 Å². The Kier molecular flexibility index (Phi) is 2.24. The molecule has 4 nitrogen and oxygen atoms in total. The Morgan fingerprint density at radius 3 is 3.00 bits per heavy atom. The summed E-state index contributed by atoms with van der Waals surface area (Å²) >= 11 is 2.54. The van der Waals surface area contributed by atoms with Gasteiger partial charge in [-0.1, -0.05) is 4.49 Å². The van der Waals surface area contributed by atoms with Crippen molar-refractivity contribution in [1.82, 2.24) is 14.6 Å². The van der Waals surface area contributed by atoms with Gasteiger partial charge in [0.05, 0.1) is 0 Å². The molecule has 0 bridgehead atoms. The van der Waals surface area contributed by atoms with E-state index in [2.05, 4.69) is 14.6 Å². The molecule has 0 radical (unpaired) electrons. The summed E-state index contributed by atoms with van der Waals surface area (Å²) in [6.45, 7) is 0. The van der Waals surface area contributed by atoms with Crippen LogP contribution in [0, 0.1) is 0 Å². The molecule has 0 aromatic carbocycles. The van der Waals surface area contributed by atoms with Crippen LogP contribution in [-0.4, -0.2) is 18.8 Å². The Morgan fingerprint density at radius 2 is 2.42 bits per heavy atom. The summed E-state index contributed by atoms with van der Waals surface area (Å²) in [6, 6.07) is 0. The molecule has 0 fully saturated rings. The molecule has 2 rings (SSSR count). The van der Waals surface area contributed by atoms with Crippen LogP contribution < -0.4 is 0 Å². The number of nitrogens with zero attached hydrogens (tertiary/aromatic N) is 3. The summed E-state index contributed by atoms with van der Waals surface area (Å²) in [6.07, 6.45) is 1.62. The summed E-state index contributed by atoms with van der Waals surface area (Å²) in [5.41, 5.74) is 0. The fraction of sp³-hybridized carbons (Fsp3) is 0. The van der Waals surface area contributed by atoms with Gasteiger partial charge >= 0.3 is 0 Å². The fourth-order valence-electron chi connectivity index (χ4n) is 0.628. The van der Waals surface area contributed by atoms with E-state index in [0.29, 0.717) is 9.37 Å². The topological polar surface area (TPSA) is 55.7 Å². The molecule has 0 aliphatic carbocycles. The first-order valence-corrected chi connectivity index (χ1v) is 5.83. The fourth-order valence-corrected chi connectivity index (χ4v) is 3.06. The first-order valence-electron chi connectivity index (χ1n) is 2.96. The average Bonchev–Trinajstić information content (AvgIpc) is 2.77. The Bertz CT molecular complexity index is 332. The number of hydrogen-bond acceptors (Lipinski definition) is 6. The quantitative estimate of drug-likeness (QED) is 0.757. The second-order valence-corrected chi connectivity index (χ2v) is 4.92. The number of thiazole rings is 1. The summed E-state index contributed by atoms with van der Waals surface area (Å²) in [7, 11) is -1.24. The van der Waals surface area contributed by atoms with Crippen LogP contribution in [0.5, 0.6) is 0 Å². The van der Waals surface area contributed by atoms with Gasteiger partial charge in [0.15, 0.2) is 9.37 Å². The Morgan fingerprint density at radius 1 is 1.50 bits per heavy atom. The Balaban J connectivity index is 2.34. The molecule has 7 heteroatoms. The molecule has 1 unspecified atom stereocenters. The molecule has 1 atom stereocenters. The molecule has 0 saturated heterocycles. The lowest BCUT2D eigenvalue weighted by Gasteiger charge is -1.88. The van der Waals surface area contributed by atoms with Gasteiger partial charge in [-0.25, -0.2) is 9.19 Å². The molecule has 12 heavy (non-hydrogen) atoms. The predicted molar refractivity (Wildman–Crippen MR) is 46.7 cm³/mol. The molecule has 0 amide bonds. The molecule has 0 saturated carbocycles.